The zero-order valence-electron chi connectivity index (χ0n) is 12.4. The molecule has 2 nitrogen and oxygen atoms in total. The number of thioether (sulfide) groups is 1. The second kappa shape index (κ2) is 4.89. The number of ketones is 1. The number of para-hydroxylation sites is 1. The third-order valence-electron chi connectivity index (χ3n) is 4.07. The number of carbonyl (C=O) groups excluding carboxylic acids is 1. The molecule has 0 fully saturated rings. The molecule has 2 heterocycles. The molecule has 0 unspecified atom stereocenters. The lowest BCUT2D eigenvalue weighted by Crippen LogP contribution is -1.94. The molecule has 2 aromatic carbocycles. The van der Waals surface area contributed by atoms with Crippen LogP contribution in [0.15, 0.2) is 52.4 Å². The number of nitrogens with one attached hydrogen (secondary N) is 1. The van der Waals surface area contributed by atoms with Crippen LogP contribution in [-0.4, -0.2) is 10.8 Å². The third kappa shape index (κ3) is 2.01. The fourth-order valence-corrected chi connectivity index (χ4v) is 3.91. The van der Waals surface area contributed by atoms with Crippen molar-refractivity contribution in [3.63, 3.8) is 0 Å². The molecule has 1 aliphatic heterocycles. The maximum atomic E-state index is 12.6. The van der Waals surface area contributed by atoms with E-state index in [4.69, 9.17) is 0 Å². The number of fused-ring (bicyclic) bond motifs is 2. The maximum absolute atomic E-state index is 12.6. The van der Waals surface area contributed by atoms with E-state index >= 15 is 0 Å². The van der Waals surface area contributed by atoms with E-state index in [1.54, 1.807) is 11.8 Å². The van der Waals surface area contributed by atoms with E-state index in [-0.39, 0.29) is 5.78 Å². The van der Waals surface area contributed by atoms with Crippen molar-refractivity contribution in [3.8, 4) is 0 Å². The predicted molar refractivity (Wildman–Crippen MR) is 92.4 cm³/mol. The number of hydrogen-bond acceptors (Lipinski definition) is 2. The van der Waals surface area contributed by atoms with E-state index < -0.39 is 0 Å². The Bertz CT molecular complexity index is 949. The highest BCUT2D eigenvalue weighted by Gasteiger charge is 2.26. The molecule has 1 aromatic heterocycles. The molecule has 0 atom stereocenters. The largest absolute Gasteiger partial charge is 0.360 e. The van der Waals surface area contributed by atoms with E-state index in [9.17, 15) is 4.79 Å². The van der Waals surface area contributed by atoms with Gasteiger partial charge in [0.25, 0.3) is 0 Å². The van der Waals surface area contributed by atoms with Crippen molar-refractivity contribution in [2.45, 2.75) is 18.7 Å². The lowest BCUT2D eigenvalue weighted by molar-refractivity contribution is 0.104. The number of H-pyrrole nitrogens is 1. The van der Waals surface area contributed by atoms with Crippen LogP contribution in [0.3, 0.4) is 0 Å². The molecule has 0 saturated carbocycles. The van der Waals surface area contributed by atoms with Crippen LogP contribution in [0.2, 0.25) is 0 Å². The molecule has 1 aliphatic rings. The molecule has 3 aromatic rings. The third-order valence-corrected chi connectivity index (χ3v) is 5.16. The second-order valence-electron chi connectivity index (χ2n) is 5.68. The van der Waals surface area contributed by atoms with Gasteiger partial charge < -0.3 is 4.98 Å². The first-order valence-electron chi connectivity index (χ1n) is 7.25. The van der Waals surface area contributed by atoms with Gasteiger partial charge in [-0.25, -0.2) is 0 Å². The van der Waals surface area contributed by atoms with Crippen LogP contribution in [0.5, 0.6) is 0 Å². The van der Waals surface area contributed by atoms with Crippen molar-refractivity contribution >= 4 is 34.5 Å². The van der Waals surface area contributed by atoms with Crippen molar-refractivity contribution in [3.05, 3.63) is 69.8 Å². The van der Waals surface area contributed by atoms with Crippen LogP contribution in [-0.2, 0) is 0 Å². The number of aryl methyl sites for hydroxylation is 2. The molecule has 1 N–H and O–H groups in total. The summed E-state index contributed by atoms with van der Waals surface area (Å²) < 4.78 is 0. The van der Waals surface area contributed by atoms with Crippen LogP contribution in [0.25, 0.3) is 17.0 Å². The lowest BCUT2D eigenvalue weighted by atomic mass is 10.1. The topological polar surface area (TPSA) is 32.9 Å². The fraction of sp³-hybridized carbons (Fsp3) is 0.105. The lowest BCUT2D eigenvalue weighted by Gasteiger charge is -1.97. The molecular formula is C19H15NOS. The molecule has 108 valence electrons. The Morgan fingerprint density at radius 1 is 1.14 bits per heavy atom. The summed E-state index contributed by atoms with van der Waals surface area (Å²) in [5.41, 5.74) is 5.37. The van der Waals surface area contributed by atoms with Crippen LogP contribution in [0, 0.1) is 13.8 Å². The Morgan fingerprint density at radius 2 is 2.00 bits per heavy atom. The summed E-state index contributed by atoms with van der Waals surface area (Å²) in [6, 6.07) is 12.3. The monoisotopic (exact) mass is 305 g/mol. The van der Waals surface area contributed by atoms with Gasteiger partial charge in [0.05, 0.1) is 4.91 Å². The summed E-state index contributed by atoms with van der Waals surface area (Å²) >= 11 is 1.56. The zero-order chi connectivity index (χ0) is 15.3. The molecule has 0 spiro atoms. The summed E-state index contributed by atoms with van der Waals surface area (Å²) in [6.07, 6.45) is 3.98. The molecule has 3 heteroatoms. The summed E-state index contributed by atoms with van der Waals surface area (Å²) in [6.45, 7) is 4.10. The summed E-state index contributed by atoms with van der Waals surface area (Å²) in [7, 11) is 0. The smallest absolute Gasteiger partial charge is 0.200 e. The van der Waals surface area contributed by atoms with Crippen molar-refractivity contribution < 1.29 is 4.79 Å². The highest BCUT2D eigenvalue weighted by Crippen LogP contribution is 2.41. The van der Waals surface area contributed by atoms with E-state index in [0.29, 0.717) is 0 Å². The number of rotatable bonds is 1. The Labute approximate surface area is 133 Å². The molecule has 4 rings (SSSR count). The predicted octanol–water partition coefficient (Wildman–Crippen LogP) is 5.11. The van der Waals surface area contributed by atoms with Gasteiger partial charge >= 0.3 is 0 Å². The van der Waals surface area contributed by atoms with Crippen LogP contribution < -0.4 is 0 Å². The number of aromatic amines is 1. The molecule has 0 aliphatic carbocycles. The molecule has 0 radical (unpaired) electrons. The van der Waals surface area contributed by atoms with Gasteiger partial charge in [-0.05, 0) is 37.6 Å². The van der Waals surface area contributed by atoms with Crippen molar-refractivity contribution in [2.75, 3.05) is 0 Å². The zero-order valence-corrected chi connectivity index (χ0v) is 13.3. The van der Waals surface area contributed by atoms with E-state index in [1.807, 2.05) is 31.3 Å². The van der Waals surface area contributed by atoms with Gasteiger partial charge in [-0.1, -0.05) is 41.6 Å². The number of benzene rings is 2. The summed E-state index contributed by atoms with van der Waals surface area (Å²) in [5.74, 6) is 0.130. The van der Waals surface area contributed by atoms with E-state index in [1.165, 1.54) is 5.56 Å². The Balaban J connectivity index is 1.81. The van der Waals surface area contributed by atoms with Gasteiger partial charge in [0.2, 0.25) is 5.78 Å². The van der Waals surface area contributed by atoms with Crippen LogP contribution >= 0.6 is 11.8 Å². The van der Waals surface area contributed by atoms with Crippen molar-refractivity contribution in [1.29, 1.82) is 0 Å². The summed E-state index contributed by atoms with van der Waals surface area (Å²) in [5, 5.41) is 1.16. The Kier molecular flexibility index (Phi) is 2.98. The second-order valence-corrected chi connectivity index (χ2v) is 6.76. The first-order chi connectivity index (χ1) is 10.6. The van der Waals surface area contributed by atoms with Crippen molar-refractivity contribution in [1.82, 2.24) is 4.98 Å². The van der Waals surface area contributed by atoms with Gasteiger partial charge in [-0.15, -0.1) is 0 Å². The number of Topliss-reactive ketones (excluding diaryl/α,β-unsaturated/α-hetero) is 1. The number of aromatic nitrogens is 1. The first-order valence-corrected chi connectivity index (χ1v) is 8.07. The van der Waals surface area contributed by atoms with Gasteiger partial charge in [-0.3, -0.25) is 4.79 Å². The first kappa shape index (κ1) is 13.4. The molecule has 0 amide bonds. The molecule has 0 saturated heterocycles. The number of hydrogen-bond donors (Lipinski definition) is 1. The minimum atomic E-state index is 0.130. The van der Waals surface area contributed by atoms with Crippen molar-refractivity contribution in [2.24, 2.45) is 0 Å². The van der Waals surface area contributed by atoms with Gasteiger partial charge in [0.15, 0.2) is 0 Å². The quantitative estimate of drug-likeness (QED) is 0.633. The normalized spacial score (nSPS) is 15.7. The molecule has 0 bridgehead atoms. The minimum Gasteiger partial charge on any atom is -0.360 e. The standard InChI is InChI=1S/C19H15NOS/c1-11-6-7-16-15(8-11)19(21)17(22-16)9-13-10-20-18-12(2)4-3-5-14(13)18/h3-10,20H,1-2H3/b17-9-. The van der Waals surface area contributed by atoms with E-state index in [0.717, 1.165) is 37.4 Å². The highest BCUT2D eigenvalue weighted by atomic mass is 32.2. The maximum Gasteiger partial charge on any atom is 0.200 e. The Hall–Kier alpha value is -2.26. The minimum absolute atomic E-state index is 0.130. The molecule has 22 heavy (non-hydrogen) atoms. The Morgan fingerprint density at radius 3 is 2.86 bits per heavy atom. The van der Waals surface area contributed by atoms with Crippen LogP contribution in [0.4, 0.5) is 0 Å². The van der Waals surface area contributed by atoms with Gasteiger partial charge in [0, 0.05) is 33.1 Å². The highest BCUT2D eigenvalue weighted by molar-refractivity contribution is 8.04. The fourth-order valence-electron chi connectivity index (χ4n) is 2.89. The SMILES string of the molecule is Cc1ccc2c(c1)C(=O)/C(=C/c1c[nH]c3c(C)cccc13)S2. The average molecular weight is 305 g/mol. The number of carbonyl (C=O) groups is 1. The summed E-state index contributed by atoms with van der Waals surface area (Å²) in [4.78, 5) is 17.7. The molecular weight excluding hydrogens is 290 g/mol. The van der Waals surface area contributed by atoms with E-state index in [2.05, 4.69) is 36.2 Å². The average Bonchev–Trinajstić information content (AvgIpc) is 3.04. The van der Waals surface area contributed by atoms with Gasteiger partial charge in [0.1, 0.15) is 0 Å². The van der Waals surface area contributed by atoms with Gasteiger partial charge in [-0.2, -0.15) is 0 Å². The van der Waals surface area contributed by atoms with Crippen LogP contribution in [0.1, 0.15) is 27.0 Å². The number of allylic oxidation sites excluding steroid dienone is 1.